The van der Waals surface area contributed by atoms with Crippen molar-refractivity contribution < 1.29 is 18.6 Å². The van der Waals surface area contributed by atoms with Crippen molar-refractivity contribution >= 4 is 27.5 Å². The predicted octanol–water partition coefficient (Wildman–Crippen LogP) is 5.58. The van der Waals surface area contributed by atoms with Crippen LogP contribution >= 0.6 is 0 Å². The van der Waals surface area contributed by atoms with Crippen molar-refractivity contribution in [3.63, 3.8) is 0 Å². The predicted molar refractivity (Wildman–Crippen MR) is 159 cm³/mol. The van der Waals surface area contributed by atoms with Gasteiger partial charge in [-0.2, -0.15) is 9.97 Å². The molecule has 1 unspecified atom stereocenters. The molecule has 218 valence electrons. The van der Waals surface area contributed by atoms with Crippen LogP contribution in [0.2, 0.25) is 0 Å². The van der Waals surface area contributed by atoms with Gasteiger partial charge >= 0.3 is 6.01 Å². The van der Waals surface area contributed by atoms with E-state index < -0.39 is 12.0 Å². The molecular weight excluding hydrogens is 536 g/mol. The van der Waals surface area contributed by atoms with E-state index >= 15 is 4.39 Å². The monoisotopic (exact) mass is 571 g/mol. The molecule has 42 heavy (non-hydrogen) atoms. The van der Waals surface area contributed by atoms with E-state index in [-0.39, 0.29) is 29.4 Å². The lowest BCUT2D eigenvalue weighted by Crippen LogP contribution is -2.43. The zero-order valence-electron chi connectivity index (χ0n) is 23.5. The van der Waals surface area contributed by atoms with Crippen LogP contribution in [0.3, 0.4) is 0 Å². The van der Waals surface area contributed by atoms with Gasteiger partial charge in [0.2, 0.25) is 0 Å². The minimum absolute atomic E-state index is 0.0748. The van der Waals surface area contributed by atoms with E-state index in [4.69, 9.17) is 9.72 Å². The largest absolute Gasteiger partial charge is 0.508 e. The van der Waals surface area contributed by atoms with Crippen LogP contribution in [0.4, 0.5) is 14.6 Å². The Labute approximate surface area is 243 Å². The number of hydrogen-bond donors (Lipinski definition) is 2. The Kier molecular flexibility index (Phi) is 6.23. The lowest BCUT2D eigenvalue weighted by Gasteiger charge is -2.31. The molecule has 0 spiro atoms. The van der Waals surface area contributed by atoms with Crippen LogP contribution in [0, 0.1) is 5.82 Å². The van der Waals surface area contributed by atoms with E-state index in [0.29, 0.717) is 47.4 Å². The number of nitrogens with zero attached hydrogens (tertiary/aromatic N) is 4. The van der Waals surface area contributed by atoms with Crippen LogP contribution in [0.15, 0.2) is 48.5 Å². The minimum atomic E-state index is -0.862. The van der Waals surface area contributed by atoms with Gasteiger partial charge in [0, 0.05) is 49.1 Å². The number of hydrogen-bond acceptors (Lipinski definition) is 7. The van der Waals surface area contributed by atoms with E-state index in [1.165, 1.54) is 6.42 Å². The fraction of sp³-hybridized carbons (Fsp3) is 0.455. The fourth-order valence-corrected chi connectivity index (χ4v) is 7.94. The summed E-state index contributed by atoms with van der Waals surface area (Å²) in [5.74, 6) is 0.272. The van der Waals surface area contributed by atoms with Gasteiger partial charge in [0.15, 0.2) is 5.82 Å². The van der Waals surface area contributed by atoms with Gasteiger partial charge in [-0.1, -0.05) is 30.3 Å². The molecule has 4 aromatic rings. The van der Waals surface area contributed by atoms with Gasteiger partial charge in [-0.25, -0.2) is 8.78 Å². The number of anilines is 1. The van der Waals surface area contributed by atoms with Crippen molar-refractivity contribution in [2.75, 3.05) is 37.7 Å². The standard InChI is InChI=1S/C33H35F2N5O2/c34-21-16-33(11-3-12-40(33)17-21)19-42-32-37-30-27(31(38-32)39-13-10-22-6-7-23(18-39)36-22)9-8-26(29(30)35)28-15-24(41)14-20-4-1-2-5-25(20)28/h1-2,4-5,8-9,14-15,21-23,36,41H,3,6-7,10-13,16-19H2/t21-,22-,23+,33?/m1/s1. The number of phenols is 1. The van der Waals surface area contributed by atoms with Crippen LogP contribution < -0.4 is 15.0 Å². The summed E-state index contributed by atoms with van der Waals surface area (Å²) >= 11 is 0. The highest BCUT2D eigenvalue weighted by molar-refractivity contribution is 6.01. The SMILES string of the molecule is Oc1cc(-c2ccc3c(N4CC[C@H]5CC[C@@H](C4)N5)nc(OCC45CCCN4C[C@H](F)C5)nc3c2F)c2ccccc2c1. The summed E-state index contributed by atoms with van der Waals surface area (Å²) in [5, 5.41) is 16.5. The highest BCUT2D eigenvalue weighted by Crippen LogP contribution is 2.42. The smallest absolute Gasteiger partial charge is 0.319 e. The molecule has 5 heterocycles. The Bertz CT molecular complexity index is 1680. The lowest BCUT2D eigenvalue weighted by molar-refractivity contribution is 0.107. The molecule has 2 bridgehead atoms. The van der Waals surface area contributed by atoms with Crippen molar-refractivity contribution in [2.24, 2.45) is 0 Å². The van der Waals surface area contributed by atoms with Crippen molar-refractivity contribution in [3.8, 4) is 22.9 Å². The van der Waals surface area contributed by atoms with Crippen LogP contribution in [0.25, 0.3) is 32.8 Å². The third-order valence-corrected chi connectivity index (χ3v) is 9.96. The third kappa shape index (κ3) is 4.36. The Balaban J connectivity index is 1.24. The molecule has 3 aromatic carbocycles. The summed E-state index contributed by atoms with van der Waals surface area (Å²) in [4.78, 5) is 14.0. The first-order valence-corrected chi connectivity index (χ1v) is 15.2. The van der Waals surface area contributed by atoms with Gasteiger partial charge < -0.3 is 20.1 Å². The average Bonchev–Trinajstić information content (AvgIpc) is 3.62. The van der Waals surface area contributed by atoms with Crippen LogP contribution in [0.1, 0.15) is 38.5 Å². The van der Waals surface area contributed by atoms with E-state index in [1.807, 2.05) is 30.3 Å². The van der Waals surface area contributed by atoms with E-state index in [0.717, 1.165) is 56.1 Å². The highest BCUT2D eigenvalue weighted by Gasteiger charge is 2.49. The maximum atomic E-state index is 16.7. The number of aromatic hydroxyl groups is 1. The number of ether oxygens (including phenoxy) is 1. The molecule has 9 heteroatoms. The fourth-order valence-electron chi connectivity index (χ4n) is 7.94. The second-order valence-electron chi connectivity index (χ2n) is 12.6. The third-order valence-electron chi connectivity index (χ3n) is 9.96. The molecule has 7 nitrogen and oxygen atoms in total. The van der Waals surface area contributed by atoms with Crippen molar-refractivity contribution in [1.29, 1.82) is 0 Å². The number of aromatic nitrogens is 2. The molecule has 0 saturated carbocycles. The Hall–Kier alpha value is -3.56. The highest BCUT2D eigenvalue weighted by atomic mass is 19.1. The second kappa shape index (κ2) is 10.0. The number of halogens is 2. The summed E-state index contributed by atoms with van der Waals surface area (Å²) in [6.45, 7) is 3.17. The summed E-state index contributed by atoms with van der Waals surface area (Å²) in [5.41, 5.74) is 0.797. The summed E-state index contributed by atoms with van der Waals surface area (Å²) in [6, 6.07) is 15.6. The molecule has 4 atom stereocenters. The van der Waals surface area contributed by atoms with Gasteiger partial charge in [-0.3, -0.25) is 4.90 Å². The Morgan fingerprint density at radius 3 is 2.79 bits per heavy atom. The lowest BCUT2D eigenvalue weighted by atomic mass is 9.95. The number of alkyl halides is 1. The summed E-state index contributed by atoms with van der Waals surface area (Å²) in [6.07, 6.45) is 4.75. The molecular formula is C33H35F2N5O2. The van der Waals surface area contributed by atoms with Crippen molar-refractivity contribution in [1.82, 2.24) is 20.2 Å². The maximum Gasteiger partial charge on any atom is 0.319 e. The zero-order chi connectivity index (χ0) is 28.4. The van der Waals surface area contributed by atoms with Crippen molar-refractivity contribution in [2.45, 2.75) is 62.3 Å². The van der Waals surface area contributed by atoms with Gasteiger partial charge in [-0.05, 0) is 73.2 Å². The molecule has 1 aromatic heterocycles. The number of fused-ring (bicyclic) bond motifs is 5. The first kappa shape index (κ1) is 26.1. The molecule has 8 rings (SSSR count). The number of phenolic OH excluding ortho intramolecular Hbond substituents is 1. The molecule has 2 N–H and O–H groups in total. The molecule has 0 aliphatic carbocycles. The minimum Gasteiger partial charge on any atom is -0.508 e. The van der Waals surface area contributed by atoms with Gasteiger partial charge in [0.1, 0.15) is 29.9 Å². The number of nitrogens with one attached hydrogen (secondary N) is 1. The molecule has 4 aliphatic rings. The maximum absolute atomic E-state index is 16.7. The summed E-state index contributed by atoms with van der Waals surface area (Å²) < 4.78 is 37.4. The average molecular weight is 572 g/mol. The topological polar surface area (TPSA) is 73.8 Å². The van der Waals surface area contributed by atoms with E-state index in [2.05, 4.69) is 20.1 Å². The van der Waals surface area contributed by atoms with Gasteiger partial charge in [-0.15, -0.1) is 0 Å². The molecule has 4 fully saturated rings. The normalized spacial score (nSPS) is 27.6. The van der Waals surface area contributed by atoms with Crippen LogP contribution in [-0.2, 0) is 0 Å². The summed E-state index contributed by atoms with van der Waals surface area (Å²) in [7, 11) is 0. The zero-order valence-corrected chi connectivity index (χ0v) is 23.5. The van der Waals surface area contributed by atoms with Crippen LogP contribution in [-0.4, -0.2) is 76.6 Å². The van der Waals surface area contributed by atoms with E-state index in [1.54, 1.807) is 18.2 Å². The quantitative estimate of drug-likeness (QED) is 0.324. The van der Waals surface area contributed by atoms with Gasteiger partial charge in [0.05, 0.1) is 5.54 Å². The number of rotatable bonds is 5. The van der Waals surface area contributed by atoms with Gasteiger partial charge in [0.25, 0.3) is 0 Å². The molecule has 0 amide bonds. The molecule has 4 saturated heterocycles. The first-order chi connectivity index (χ1) is 20.5. The molecule has 4 aliphatic heterocycles. The molecule has 0 radical (unpaired) electrons. The Morgan fingerprint density at radius 2 is 1.86 bits per heavy atom. The van der Waals surface area contributed by atoms with Crippen molar-refractivity contribution in [3.05, 3.63) is 54.3 Å². The second-order valence-corrected chi connectivity index (χ2v) is 12.6. The Morgan fingerprint density at radius 1 is 0.976 bits per heavy atom. The van der Waals surface area contributed by atoms with Crippen LogP contribution in [0.5, 0.6) is 11.8 Å². The number of benzene rings is 3. The first-order valence-electron chi connectivity index (χ1n) is 15.2. The van der Waals surface area contributed by atoms with E-state index in [9.17, 15) is 9.50 Å².